The molecule has 4 rings (SSSR count). The van der Waals surface area contributed by atoms with E-state index >= 15 is 0 Å². The number of nitrogens with zero attached hydrogens (tertiary/aromatic N) is 3. The normalized spacial score (nSPS) is 18.5. The number of fused-ring (bicyclic) bond motifs is 1. The number of methoxy groups -OCH3 is 2. The highest BCUT2D eigenvalue weighted by Gasteiger charge is 2.33. The number of piperidine rings is 1. The van der Waals surface area contributed by atoms with E-state index in [1.54, 1.807) is 25.0 Å². The summed E-state index contributed by atoms with van der Waals surface area (Å²) in [5, 5.41) is 14.3. The zero-order valence-electron chi connectivity index (χ0n) is 17.5. The van der Waals surface area contributed by atoms with E-state index in [4.69, 9.17) is 9.47 Å². The van der Waals surface area contributed by atoms with Crippen LogP contribution >= 0.6 is 0 Å². The van der Waals surface area contributed by atoms with Crippen LogP contribution in [0, 0.1) is 0 Å². The van der Waals surface area contributed by atoms with Crippen LogP contribution in [0.3, 0.4) is 0 Å². The maximum Gasteiger partial charge on any atom is 0.222 e. The molecule has 2 amide bonds. The van der Waals surface area contributed by atoms with Crippen LogP contribution in [0.1, 0.15) is 30.9 Å². The molecule has 1 saturated heterocycles. The third-order valence-electron chi connectivity index (χ3n) is 5.49. The van der Waals surface area contributed by atoms with Crippen molar-refractivity contribution in [2.45, 2.75) is 37.9 Å². The second-order valence-corrected chi connectivity index (χ2v) is 7.42. The minimum atomic E-state index is -0.391. The van der Waals surface area contributed by atoms with Crippen LogP contribution < -0.4 is 20.1 Å². The third-order valence-corrected chi connectivity index (χ3v) is 5.49. The second kappa shape index (κ2) is 9.03. The predicted molar refractivity (Wildman–Crippen MR) is 114 cm³/mol. The van der Waals surface area contributed by atoms with Crippen molar-refractivity contribution in [2.75, 3.05) is 14.2 Å². The largest absolute Gasteiger partial charge is 0.497 e. The fraction of sp³-hybridized carbons (Fsp3) is 0.364. The summed E-state index contributed by atoms with van der Waals surface area (Å²) >= 11 is 0. The van der Waals surface area contributed by atoms with Gasteiger partial charge in [-0.05, 0) is 30.7 Å². The Hall–Kier alpha value is -3.62. The molecule has 9 heteroatoms. The predicted octanol–water partition coefficient (Wildman–Crippen LogP) is 1.97. The lowest BCUT2D eigenvalue weighted by atomic mass is 9.91. The van der Waals surface area contributed by atoms with Crippen LogP contribution in [0.4, 0.5) is 0 Å². The molecule has 2 heterocycles. The van der Waals surface area contributed by atoms with Gasteiger partial charge in [-0.15, -0.1) is 5.10 Å². The first-order valence-electron chi connectivity index (χ1n) is 10.2. The number of carbonyl (C=O) groups is 2. The lowest BCUT2D eigenvalue weighted by Gasteiger charge is -2.34. The van der Waals surface area contributed by atoms with Crippen molar-refractivity contribution < 1.29 is 19.1 Å². The molecule has 0 spiro atoms. The molecule has 0 aliphatic carbocycles. The maximum atomic E-state index is 12.7. The molecule has 162 valence electrons. The number of nitrogens with one attached hydrogen (secondary N) is 2. The second-order valence-electron chi connectivity index (χ2n) is 7.42. The Balaban J connectivity index is 1.47. The minimum Gasteiger partial charge on any atom is -0.497 e. The summed E-state index contributed by atoms with van der Waals surface area (Å²) in [5.74, 6) is 1.09. The summed E-state index contributed by atoms with van der Waals surface area (Å²) < 4.78 is 12.5. The molecule has 0 radical (unpaired) electrons. The van der Waals surface area contributed by atoms with E-state index in [9.17, 15) is 9.59 Å². The topological polar surface area (TPSA) is 107 Å². The van der Waals surface area contributed by atoms with Gasteiger partial charge < -0.3 is 20.1 Å². The number of hydrogen-bond donors (Lipinski definition) is 2. The fourth-order valence-electron chi connectivity index (χ4n) is 3.89. The van der Waals surface area contributed by atoms with Crippen LogP contribution in [0.2, 0.25) is 0 Å². The van der Waals surface area contributed by atoms with Gasteiger partial charge in [0.2, 0.25) is 11.8 Å². The zero-order chi connectivity index (χ0) is 21.8. The van der Waals surface area contributed by atoms with Gasteiger partial charge in [0.25, 0.3) is 0 Å². The van der Waals surface area contributed by atoms with E-state index in [1.807, 2.05) is 36.4 Å². The van der Waals surface area contributed by atoms with Gasteiger partial charge in [0.15, 0.2) is 0 Å². The molecule has 2 atom stereocenters. The number of aryl methyl sites for hydroxylation is 1. The summed E-state index contributed by atoms with van der Waals surface area (Å²) in [6.45, 7) is 0.419. The average Bonchev–Trinajstić information content (AvgIpc) is 3.21. The SMILES string of the molecule is COc1ccc([C@H]2NC(=O)CC[C@H]2NC(=O)CCn2nnc3ccccc32)c(OC)c1. The molecule has 1 aromatic heterocycles. The van der Waals surface area contributed by atoms with E-state index in [1.165, 1.54) is 0 Å². The maximum absolute atomic E-state index is 12.7. The van der Waals surface area contributed by atoms with Crippen LogP contribution in [-0.2, 0) is 16.1 Å². The molecule has 0 unspecified atom stereocenters. The summed E-state index contributed by atoms with van der Waals surface area (Å²) in [7, 11) is 3.15. The molecule has 1 fully saturated rings. The highest BCUT2D eigenvalue weighted by molar-refractivity contribution is 5.80. The third kappa shape index (κ3) is 4.45. The van der Waals surface area contributed by atoms with Gasteiger partial charge in [-0.25, -0.2) is 4.68 Å². The number of aromatic nitrogens is 3. The first-order chi connectivity index (χ1) is 15.1. The van der Waals surface area contributed by atoms with Crippen molar-refractivity contribution in [3.63, 3.8) is 0 Å². The Morgan fingerprint density at radius 1 is 1.23 bits per heavy atom. The lowest BCUT2D eigenvalue weighted by molar-refractivity contribution is -0.127. The minimum absolute atomic E-state index is 0.0533. The van der Waals surface area contributed by atoms with Gasteiger partial charge in [-0.3, -0.25) is 9.59 Å². The number of amides is 2. The number of para-hydroxylation sites is 1. The Morgan fingerprint density at radius 2 is 2.06 bits per heavy atom. The Labute approximate surface area is 179 Å². The Kier molecular flexibility index (Phi) is 6.01. The molecule has 0 bridgehead atoms. The fourth-order valence-corrected chi connectivity index (χ4v) is 3.89. The van der Waals surface area contributed by atoms with Crippen LogP contribution in [0.25, 0.3) is 11.0 Å². The Morgan fingerprint density at radius 3 is 2.87 bits per heavy atom. The number of benzene rings is 2. The average molecular weight is 423 g/mol. The van der Waals surface area contributed by atoms with Crippen molar-refractivity contribution in [1.82, 2.24) is 25.6 Å². The van der Waals surface area contributed by atoms with Gasteiger partial charge in [0, 0.05) is 24.5 Å². The molecule has 2 N–H and O–H groups in total. The van der Waals surface area contributed by atoms with Crippen LogP contribution in [0.15, 0.2) is 42.5 Å². The molecular formula is C22H25N5O4. The molecule has 31 heavy (non-hydrogen) atoms. The molecular weight excluding hydrogens is 398 g/mol. The van der Waals surface area contributed by atoms with Gasteiger partial charge in [-0.1, -0.05) is 17.3 Å². The summed E-state index contributed by atoms with van der Waals surface area (Å²) in [4.78, 5) is 24.8. The molecule has 0 saturated carbocycles. The smallest absolute Gasteiger partial charge is 0.222 e. The van der Waals surface area contributed by atoms with E-state index < -0.39 is 6.04 Å². The van der Waals surface area contributed by atoms with Crippen molar-refractivity contribution >= 4 is 22.8 Å². The summed E-state index contributed by atoms with van der Waals surface area (Å²) in [5.41, 5.74) is 2.48. The molecule has 2 aromatic carbocycles. The molecule has 9 nitrogen and oxygen atoms in total. The quantitative estimate of drug-likeness (QED) is 0.602. The molecule has 1 aliphatic heterocycles. The van der Waals surface area contributed by atoms with Gasteiger partial charge in [0.05, 0.1) is 38.4 Å². The van der Waals surface area contributed by atoms with Crippen molar-refractivity contribution in [2.24, 2.45) is 0 Å². The first kappa shape index (κ1) is 20.6. The molecule has 3 aromatic rings. The lowest BCUT2D eigenvalue weighted by Crippen LogP contribution is -2.50. The standard InChI is InChI=1S/C22H25N5O4/c1-30-14-7-8-15(19(13-14)31-2)22-17(9-10-20(28)24-22)23-21(29)11-12-27-18-6-4-3-5-16(18)25-26-27/h3-8,13,17,22H,9-12H2,1-2H3,(H,23,29)(H,24,28)/t17-,22-/m1/s1. The van der Waals surface area contributed by atoms with Gasteiger partial charge in [-0.2, -0.15) is 0 Å². The number of ether oxygens (including phenoxy) is 2. The first-order valence-corrected chi connectivity index (χ1v) is 10.2. The van der Waals surface area contributed by atoms with E-state index in [0.29, 0.717) is 30.9 Å². The molecule has 1 aliphatic rings. The van der Waals surface area contributed by atoms with Crippen LogP contribution in [0.5, 0.6) is 11.5 Å². The number of rotatable bonds is 7. The van der Waals surface area contributed by atoms with E-state index in [2.05, 4.69) is 20.9 Å². The summed E-state index contributed by atoms with van der Waals surface area (Å²) in [6, 6.07) is 12.4. The number of carbonyl (C=O) groups excluding carboxylic acids is 2. The van der Waals surface area contributed by atoms with E-state index in [-0.39, 0.29) is 24.3 Å². The van der Waals surface area contributed by atoms with Crippen molar-refractivity contribution in [3.05, 3.63) is 48.0 Å². The highest BCUT2D eigenvalue weighted by Crippen LogP contribution is 2.34. The monoisotopic (exact) mass is 423 g/mol. The van der Waals surface area contributed by atoms with Crippen molar-refractivity contribution in [3.8, 4) is 11.5 Å². The van der Waals surface area contributed by atoms with E-state index in [0.717, 1.165) is 16.6 Å². The Bertz CT molecular complexity index is 1100. The van der Waals surface area contributed by atoms with Crippen molar-refractivity contribution in [1.29, 1.82) is 0 Å². The summed E-state index contributed by atoms with van der Waals surface area (Å²) in [6.07, 6.45) is 1.15. The zero-order valence-corrected chi connectivity index (χ0v) is 17.5. The van der Waals surface area contributed by atoms with Gasteiger partial charge in [0.1, 0.15) is 17.0 Å². The van der Waals surface area contributed by atoms with Gasteiger partial charge >= 0.3 is 0 Å². The number of hydrogen-bond acceptors (Lipinski definition) is 6. The highest BCUT2D eigenvalue weighted by atomic mass is 16.5. The van der Waals surface area contributed by atoms with Crippen LogP contribution in [-0.4, -0.2) is 47.1 Å².